The van der Waals surface area contributed by atoms with Gasteiger partial charge in [-0.1, -0.05) is 5.21 Å². The molecule has 0 atom stereocenters. The molecule has 0 spiro atoms. The number of halogens is 1. The highest BCUT2D eigenvalue weighted by atomic mass is 79.9. The summed E-state index contributed by atoms with van der Waals surface area (Å²) in [6.07, 6.45) is 0. The molecule has 0 aromatic carbocycles. The van der Waals surface area contributed by atoms with E-state index in [1.807, 2.05) is 13.8 Å². The van der Waals surface area contributed by atoms with Crippen LogP contribution in [0.5, 0.6) is 0 Å². The lowest BCUT2D eigenvalue weighted by Gasteiger charge is -2.21. The summed E-state index contributed by atoms with van der Waals surface area (Å²) in [7, 11) is 3.44. The van der Waals surface area contributed by atoms with Gasteiger partial charge >= 0.3 is 0 Å². The first kappa shape index (κ1) is 11.3. The number of hydrogen-bond acceptors (Lipinski definition) is 4. The average molecular weight is 261 g/mol. The van der Waals surface area contributed by atoms with E-state index in [0.717, 1.165) is 0 Å². The number of ketones is 1. The summed E-state index contributed by atoms with van der Waals surface area (Å²) >= 11 is 3.20. The Morgan fingerprint density at radius 3 is 2.50 bits per heavy atom. The third kappa shape index (κ3) is 1.85. The van der Waals surface area contributed by atoms with Gasteiger partial charge < -0.3 is 5.32 Å². The van der Waals surface area contributed by atoms with Gasteiger partial charge in [0.2, 0.25) is 5.78 Å². The minimum Gasteiger partial charge on any atom is -0.308 e. The van der Waals surface area contributed by atoms with Crippen molar-refractivity contribution in [1.29, 1.82) is 0 Å². The van der Waals surface area contributed by atoms with Gasteiger partial charge in [0.05, 0.1) is 5.54 Å². The summed E-state index contributed by atoms with van der Waals surface area (Å²) in [5.41, 5.74) is -0.137. The molecule has 1 N–H and O–H groups in total. The van der Waals surface area contributed by atoms with Crippen molar-refractivity contribution >= 4 is 21.7 Å². The summed E-state index contributed by atoms with van der Waals surface area (Å²) < 4.78 is 1.94. The zero-order valence-corrected chi connectivity index (χ0v) is 10.2. The molecule has 0 saturated heterocycles. The van der Waals surface area contributed by atoms with Crippen molar-refractivity contribution in [2.75, 3.05) is 7.05 Å². The molecule has 0 aliphatic heterocycles. The standard InChI is InChI=1S/C8H13BrN4O/c1-8(2,10-3)6(14)5-7(9)11-12-13(5)4/h10H,1-4H3. The number of nitrogens with one attached hydrogen (secondary N) is 1. The quantitative estimate of drug-likeness (QED) is 0.816. The van der Waals surface area contributed by atoms with Crippen LogP contribution in [0.3, 0.4) is 0 Å². The van der Waals surface area contributed by atoms with Crippen LogP contribution < -0.4 is 5.32 Å². The van der Waals surface area contributed by atoms with E-state index in [4.69, 9.17) is 0 Å². The van der Waals surface area contributed by atoms with E-state index in [1.165, 1.54) is 4.68 Å². The first-order chi connectivity index (χ1) is 6.40. The van der Waals surface area contributed by atoms with Gasteiger partial charge in [0.15, 0.2) is 4.60 Å². The van der Waals surface area contributed by atoms with Gasteiger partial charge in [0, 0.05) is 7.05 Å². The molecule has 1 aromatic rings. The molecule has 6 heteroatoms. The Morgan fingerprint density at radius 1 is 1.57 bits per heavy atom. The SMILES string of the molecule is CNC(C)(C)C(=O)c1c(Br)nnn1C. The van der Waals surface area contributed by atoms with Crippen molar-refractivity contribution in [1.82, 2.24) is 20.3 Å². The van der Waals surface area contributed by atoms with E-state index in [0.29, 0.717) is 10.3 Å². The number of Topliss-reactive ketones (excluding diaryl/α,β-unsaturated/α-hetero) is 1. The number of carbonyl (C=O) groups is 1. The summed E-state index contributed by atoms with van der Waals surface area (Å²) in [4.78, 5) is 12.0. The van der Waals surface area contributed by atoms with Crippen LogP contribution in [0.1, 0.15) is 24.3 Å². The van der Waals surface area contributed by atoms with Crippen LogP contribution in [-0.4, -0.2) is 33.4 Å². The Labute approximate surface area is 91.0 Å². The van der Waals surface area contributed by atoms with E-state index < -0.39 is 5.54 Å². The van der Waals surface area contributed by atoms with Crippen LogP contribution in [0.15, 0.2) is 4.60 Å². The smallest absolute Gasteiger partial charge is 0.203 e. The van der Waals surface area contributed by atoms with E-state index in [1.54, 1.807) is 14.1 Å². The maximum absolute atomic E-state index is 12.0. The topological polar surface area (TPSA) is 59.8 Å². The normalized spacial score (nSPS) is 11.8. The minimum absolute atomic E-state index is 0.0422. The summed E-state index contributed by atoms with van der Waals surface area (Å²) in [6.45, 7) is 3.63. The fourth-order valence-corrected chi connectivity index (χ4v) is 1.49. The van der Waals surface area contributed by atoms with Gasteiger partial charge in [0.25, 0.3) is 0 Å². The predicted molar refractivity (Wildman–Crippen MR) is 56.2 cm³/mol. The molecule has 14 heavy (non-hydrogen) atoms. The first-order valence-electron chi connectivity index (χ1n) is 4.19. The molecule has 0 bridgehead atoms. The lowest BCUT2D eigenvalue weighted by molar-refractivity contribution is 0.0879. The van der Waals surface area contributed by atoms with Crippen LogP contribution in [0.25, 0.3) is 0 Å². The lowest BCUT2D eigenvalue weighted by atomic mass is 9.97. The van der Waals surface area contributed by atoms with Crippen LogP contribution in [-0.2, 0) is 7.05 Å². The highest BCUT2D eigenvalue weighted by Crippen LogP contribution is 2.18. The second-order valence-electron chi connectivity index (χ2n) is 3.56. The van der Waals surface area contributed by atoms with Gasteiger partial charge in [-0.2, -0.15) is 0 Å². The maximum atomic E-state index is 12.0. The molecule has 1 aromatic heterocycles. The van der Waals surface area contributed by atoms with Crippen molar-refractivity contribution < 1.29 is 4.79 Å². The number of hydrogen-bond donors (Lipinski definition) is 1. The Bertz CT molecular complexity index is 339. The van der Waals surface area contributed by atoms with E-state index >= 15 is 0 Å². The number of aromatic nitrogens is 3. The molecule has 78 valence electrons. The molecule has 0 aliphatic carbocycles. The third-order valence-corrected chi connectivity index (χ3v) is 2.73. The number of rotatable bonds is 3. The molecule has 1 rings (SSSR count). The molecule has 0 amide bonds. The van der Waals surface area contributed by atoms with Crippen molar-refractivity contribution in [2.24, 2.45) is 7.05 Å². The zero-order valence-electron chi connectivity index (χ0n) is 8.63. The number of nitrogens with zero attached hydrogens (tertiary/aromatic N) is 3. The molecule has 0 fully saturated rings. The van der Waals surface area contributed by atoms with Gasteiger partial charge in [-0.25, -0.2) is 4.68 Å². The molecular formula is C8H13BrN4O. The Kier molecular flexibility index (Phi) is 3.06. The van der Waals surface area contributed by atoms with Crippen LogP contribution in [0, 0.1) is 0 Å². The predicted octanol–water partition coefficient (Wildman–Crippen LogP) is 0.758. The summed E-state index contributed by atoms with van der Waals surface area (Å²) in [5.74, 6) is -0.0422. The lowest BCUT2D eigenvalue weighted by Crippen LogP contribution is -2.45. The number of aryl methyl sites for hydroxylation is 1. The number of likely N-dealkylation sites (N-methyl/N-ethyl adjacent to an activating group) is 1. The van der Waals surface area contributed by atoms with Gasteiger partial charge in [-0.05, 0) is 36.8 Å². The Morgan fingerprint density at radius 2 is 2.14 bits per heavy atom. The van der Waals surface area contributed by atoms with Crippen LogP contribution >= 0.6 is 15.9 Å². The molecule has 0 aliphatic rings. The average Bonchev–Trinajstić information content (AvgIpc) is 2.45. The summed E-state index contributed by atoms with van der Waals surface area (Å²) in [6, 6.07) is 0. The molecule has 0 saturated carbocycles. The minimum atomic E-state index is -0.613. The van der Waals surface area contributed by atoms with Crippen molar-refractivity contribution in [3.05, 3.63) is 10.3 Å². The Hall–Kier alpha value is -0.750. The van der Waals surface area contributed by atoms with E-state index in [2.05, 4.69) is 31.6 Å². The van der Waals surface area contributed by atoms with Crippen LogP contribution in [0.2, 0.25) is 0 Å². The molecular weight excluding hydrogens is 248 g/mol. The maximum Gasteiger partial charge on any atom is 0.203 e. The van der Waals surface area contributed by atoms with Crippen molar-refractivity contribution in [3.8, 4) is 0 Å². The fourth-order valence-electron chi connectivity index (χ4n) is 0.982. The van der Waals surface area contributed by atoms with Gasteiger partial charge in [-0.3, -0.25) is 4.79 Å². The van der Waals surface area contributed by atoms with Gasteiger partial charge in [0.1, 0.15) is 5.69 Å². The van der Waals surface area contributed by atoms with Crippen molar-refractivity contribution in [2.45, 2.75) is 19.4 Å². The van der Waals surface area contributed by atoms with Gasteiger partial charge in [-0.15, -0.1) is 5.10 Å². The second kappa shape index (κ2) is 3.78. The van der Waals surface area contributed by atoms with E-state index in [9.17, 15) is 4.79 Å². The third-order valence-electron chi connectivity index (χ3n) is 2.19. The summed E-state index contributed by atoms with van der Waals surface area (Å²) in [5, 5.41) is 10.5. The number of carbonyl (C=O) groups excluding carboxylic acids is 1. The van der Waals surface area contributed by atoms with Crippen molar-refractivity contribution in [3.63, 3.8) is 0 Å². The highest BCUT2D eigenvalue weighted by Gasteiger charge is 2.31. The fraction of sp³-hybridized carbons (Fsp3) is 0.625. The highest BCUT2D eigenvalue weighted by molar-refractivity contribution is 9.10. The molecule has 5 nitrogen and oxygen atoms in total. The second-order valence-corrected chi connectivity index (χ2v) is 4.31. The monoisotopic (exact) mass is 260 g/mol. The molecule has 1 heterocycles. The van der Waals surface area contributed by atoms with Crippen LogP contribution in [0.4, 0.5) is 0 Å². The molecule has 0 unspecified atom stereocenters. The Balaban J connectivity index is 3.13. The van der Waals surface area contributed by atoms with E-state index in [-0.39, 0.29) is 5.78 Å². The zero-order chi connectivity index (χ0) is 10.9. The first-order valence-corrected chi connectivity index (χ1v) is 4.98. The molecule has 0 radical (unpaired) electrons. The largest absolute Gasteiger partial charge is 0.308 e.